The third-order valence-corrected chi connectivity index (χ3v) is 12.9. The van der Waals surface area contributed by atoms with Crippen LogP contribution in [0.2, 0.25) is 0 Å². The number of unbranched alkanes of at least 4 members (excludes halogenated alkanes) is 37. The summed E-state index contributed by atoms with van der Waals surface area (Å²) in [6.07, 6.45) is 65.9. The highest BCUT2D eigenvalue weighted by Gasteiger charge is 2.18. The summed E-state index contributed by atoms with van der Waals surface area (Å²) in [7, 11) is 0. The summed E-state index contributed by atoms with van der Waals surface area (Å²) in [6, 6.07) is -0.628. The van der Waals surface area contributed by atoms with Crippen molar-refractivity contribution in [1.29, 1.82) is 0 Å². The zero-order valence-corrected chi connectivity index (χ0v) is 42.8. The first kappa shape index (κ1) is 62.1. The second-order valence-corrected chi connectivity index (χ2v) is 19.3. The summed E-state index contributed by atoms with van der Waals surface area (Å²) in [5.41, 5.74) is 0. The number of carbonyl (C=O) groups is 2. The Hall–Kier alpha value is -1.92. The van der Waals surface area contributed by atoms with Gasteiger partial charge in [0.15, 0.2) is 0 Å². The lowest BCUT2D eigenvalue weighted by molar-refractivity contribution is -0.143. The number of carbonyl (C=O) groups excluding carboxylic acids is 2. The number of ether oxygens (including phenoxy) is 1. The van der Waals surface area contributed by atoms with Gasteiger partial charge < -0.3 is 20.3 Å². The van der Waals surface area contributed by atoms with Crippen molar-refractivity contribution in [3.05, 3.63) is 36.5 Å². The van der Waals surface area contributed by atoms with Crippen LogP contribution in [-0.2, 0) is 14.3 Å². The number of rotatable bonds is 52. The van der Waals surface area contributed by atoms with E-state index in [0.717, 1.165) is 51.4 Å². The molecule has 376 valence electrons. The van der Waals surface area contributed by atoms with E-state index in [9.17, 15) is 19.8 Å². The second kappa shape index (κ2) is 53.7. The molecular formula is C58H109NO5. The number of hydrogen-bond donors (Lipinski definition) is 3. The third kappa shape index (κ3) is 49.5. The van der Waals surface area contributed by atoms with Crippen LogP contribution in [0.4, 0.5) is 0 Å². The lowest BCUT2D eigenvalue weighted by Gasteiger charge is -2.20. The smallest absolute Gasteiger partial charge is 0.305 e. The van der Waals surface area contributed by atoms with Gasteiger partial charge in [-0.3, -0.25) is 9.59 Å². The highest BCUT2D eigenvalue weighted by Crippen LogP contribution is 2.16. The van der Waals surface area contributed by atoms with E-state index in [2.05, 4.69) is 43.5 Å². The van der Waals surface area contributed by atoms with Gasteiger partial charge in [0.2, 0.25) is 5.91 Å². The maximum absolute atomic E-state index is 12.4. The molecule has 0 aliphatic carbocycles. The molecule has 1 amide bonds. The molecule has 64 heavy (non-hydrogen) atoms. The molecule has 0 radical (unpaired) electrons. The fraction of sp³-hybridized carbons (Fsp3) is 0.862. The van der Waals surface area contributed by atoms with Crippen LogP contribution in [0.5, 0.6) is 0 Å². The molecule has 0 aliphatic rings. The Morgan fingerprint density at radius 2 is 0.781 bits per heavy atom. The van der Waals surface area contributed by atoms with Crippen LogP contribution in [0.1, 0.15) is 296 Å². The Labute approximate surface area is 398 Å². The van der Waals surface area contributed by atoms with Gasteiger partial charge in [0, 0.05) is 12.8 Å². The summed E-state index contributed by atoms with van der Waals surface area (Å²) in [4.78, 5) is 24.5. The molecule has 0 saturated heterocycles. The number of aliphatic hydroxyl groups excluding tert-OH is 2. The van der Waals surface area contributed by atoms with Crippen LogP contribution in [-0.4, -0.2) is 47.4 Å². The van der Waals surface area contributed by atoms with E-state index in [4.69, 9.17) is 4.74 Å². The molecule has 0 rings (SSSR count). The highest BCUT2D eigenvalue weighted by atomic mass is 16.5. The van der Waals surface area contributed by atoms with E-state index in [1.54, 1.807) is 6.08 Å². The Balaban J connectivity index is 3.41. The summed E-state index contributed by atoms with van der Waals surface area (Å²) in [5.74, 6) is -0.0754. The van der Waals surface area contributed by atoms with Crippen LogP contribution in [0, 0.1) is 0 Å². The predicted octanol–water partition coefficient (Wildman–Crippen LogP) is 17.2. The molecule has 0 fully saturated rings. The first-order valence-electron chi connectivity index (χ1n) is 28.3. The number of esters is 1. The molecule has 6 heteroatoms. The Morgan fingerprint density at radius 3 is 1.22 bits per heavy atom. The summed E-state index contributed by atoms with van der Waals surface area (Å²) in [5, 5.41) is 23.0. The van der Waals surface area contributed by atoms with Gasteiger partial charge in [-0.05, 0) is 64.2 Å². The molecule has 0 aromatic rings. The first-order chi connectivity index (χ1) is 31.5. The number of nitrogens with one attached hydrogen (secondary N) is 1. The highest BCUT2D eigenvalue weighted by molar-refractivity contribution is 5.76. The van der Waals surface area contributed by atoms with Gasteiger partial charge in [0.05, 0.1) is 25.4 Å². The molecule has 0 aromatic heterocycles. The quantitative estimate of drug-likeness (QED) is 0.0321. The lowest BCUT2D eigenvalue weighted by atomic mass is 10.0. The fourth-order valence-electron chi connectivity index (χ4n) is 8.55. The SMILES string of the molecule is CCCCC/C=C\C/C=C\CCCCCCCC(=O)OCCCCCCCCCCCCCCCCCCCCCCC(=O)NC(CO)C(O)/C=C/CCCCCCCCCCCC. The minimum absolute atomic E-state index is 0.00448. The Bertz CT molecular complexity index is 1040. The standard InChI is InChI=1S/C58H109NO5/c1-3-5-7-9-11-13-15-17-24-28-32-36-40-44-48-52-58(63)64-53-49-45-41-37-33-29-26-23-21-19-18-20-22-25-27-31-35-39-43-47-51-57(62)59-55(54-60)56(61)50-46-42-38-34-30-16-14-12-10-8-6-4-2/h11,13,17,24,46,50,55-56,60-61H,3-10,12,14-16,18-23,25-45,47-49,51-54H2,1-2H3,(H,59,62)/b13-11-,24-17-,50-46+. The molecule has 0 aromatic carbocycles. The van der Waals surface area contributed by atoms with Crippen molar-refractivity contribution in [3.63, 3.8) is 0 Å². The molecule has 6 nitrogen and oxygen atoms in total. The molecule has 0 heterocycles. The van der Waals surface area contributed by atoms with Crippen LogP contribution in [0.3, 0.4) is 0 Å². The molecule has 2 atom stereocenters. The van der Waals surface area contributed by atoms with Gasteiger partial charge in [-0.25, -0.2) is 0 Å². The average Bonchev–Trinajstić information content (AvgIpc) is 3.29. The minimum atomic E-state index is -0.845. The van der Waals surface area contributed by atoms with Crippen molar-refractivity contribution in [1.82, 2.24) is 5.32 Å². The Kier molecular flexibility index (Phi) is 52.1. The first-order valence-corrected chi connectivity index (χ1v) is 28.3. The van der Waals surface area contributed by atoms with Crippen molar-refractivity contribution in [2.75, 3.05) is 13.2 Å². The molecule has 0 bridgehead atoms. The van der Waals surface area contributed by atoms with Gasteiger partial charge in [0.25, 0.3) is 0 Å². The topological polar surface area (TPSA) is 95.9 Å². The summed E-state index contributed by atoms with van der Waals surface area (Å²) >= 11 is 0. The van der Waals surface area contributed by atoms with Crippen molar-refractivity contribution < 1.29 is 24.5 Å². The lowest BCUT2D eigenvalue weighted by Crippen LogP contribution is -2.45. The van der Waals surface area contributed by atoms with Gasteiger partial charge in [-0.1, -0.05) is 256 Å². The Morgan fingerprint density at radius 1 is 0.438 bits per heavy atom. The molecule has 3 N–H and O–H groups in total. The van der Waals surface area contributed by atoms with Gasteiger partial charge in [-0.2, -0.15) is 0 Å². The van der Waals surface area contributed by atoms with Crippen molar-refractivity contribution in [2.24, 2.45) is 0 Å². The number of aliphatic hydroxyl groups is 2. The van der Waals surface area contributed by atoms with E-state index in [1.807, 2.05) is 6.08 Å². The zero-order valence-electron chi connectivity index (χ0n) is 42.8. The van der Waals surface area contributed by atoms with Crippen LogP contribution in [0.15, 0.2) is 36.5 Å². The van der Waals surface area contributed by atoms with E-state index in [-0.39, 0.29) is 18.5 Å². The summed E-state index contributed by atoms with van der Waals surface area (Å²) < 4.78 is 5.47. The maximum atomic E-state index is 12.4. The number of allylic oxidation sites excluding steroid dienone is 5. The van der Waals surface area contributed by atoms with E-state index in [1.165, 1.54) is 218 Å². The van der Waals surface area contributed by atoms with Gasteiger partial charge >= 0.3 is 5.97 Å². The third-order valence-electron chi connectivity index (χ3n) is 12.9. The predicted molar refractivity (Wildman–Crippen MR) is 278 cm³/mol. The van der Waals surface area contributed by atoms with Crippen LogP contribution in [0.25, 0.3) is 0 Å². The largest absolute Gasteiger partial charge is 0.466 e. The van der Waals surface area contributed by atoms with Crippen LogP contribution >= 0.6 is 0 Å². The molecule has 2 unspecified atom stereocenters. The van der Waals surface area contributed by atoms with Crippen molar-refractivity contribution >= 4 is 11.9 Å². The van der Waals surface area contributed by atoms with Gasteiger partial charge in [0.1, 0.15) is 0 Å². The molecule has 0 aliphatic heterocycles. The number of hydrogen-bond acceptors (Lipinski definition) is 5. The molecular weight excluding hydrogens is 791 g/mol. The van der Waals surface area contributed by atoms with E-state index in [0.29, 0.717) is 19.4 Å². The fourth-order valence-corrected chi connectivity index (χ4v) is 8.55. The molecule has 0 saturated carbocycles. The van der Waals surface area contributed by atoms with Crippen molar-refractivity contribution in [2.45, 2.75) is 309 Å². The average molecular weight is 901 g/mol. The minimum Gasteiger partial charge on any atom is -0.466 e. The zero-order chi connectivity index (χ0) is 46.5. The second-order valence-electron chi connectivity index (χ2n) is 19.3. The van der Waals surface area contributed by atoms with Crippen LogP contribution < -0.4 is 5.32 Å². The maximum Gasteiger partial charge on any atom is 0.305 e. The van der Waals surface area contributed by atoms with E-state index >= 15 is 0 Å². The van der Waals surface area contributed by atoms with Crippen molar-refractivity contribution in [3.8, 4) is 0 Å². The van der Waals surface area contributed by atoms with Gasteiger partial charge in [-0.15, -0.1) is 0 Å². The summed E-state index contributed by atoms with van der Waals surface area (Å²) in [6.45, 7) is 4.86. The number of amides is 1. The van der Waals surface area contributed by atoms with E-state index < -0.39 is 12.1 Å². The normalized spacial score (nSPS) is 12.9. The molecule has 0 spiro atoms. The monoisotopic (exact) mass is 900 g/mol.